The molecular weight excluding hydrogens is 314 g/mol. The van der Waals surface area contributed by atoms with Crippen molar-refractivity contribution in [1.82, 2.24) is 4.90 Å². The first kappa shape index (κ1) is 17.6. The van der Waals surface area contributed by atoms with Gasteiger partial charge in [-0.2, -0.15) is 0 Å². The molecule has 2 aliphatic carbocycles. The van der Waals surface area contributed by atoms with E-state index in [0.717, 1.165) is 24.2 Å². The van der Waals surface area contributed by atoms with E-state index in [-0.39, 0.29) is 0 Å². The molecule has 1 nitrogen and oxygen atoms in total. The molecule has 0 radical (unpaired) electrons. The smallest absolute Gasteiger partial charge is 0.0610 e. The third-order valence-electron chi connectivity index (χ3n) is 6.33. The zero-order chi connectivity index (χ0) is 17.6. The summed E-state index contributed by atoms with van der Waals surface area (Å²) in [4.78, 5) is 2.78. The van der Waals surface area contributed by atoms with Gasteiger partial charge in [0.05, 0.1) is 6.54 Å². The van der Waals surface area contributed by atoms with Gasteiger partial charge < -0.3 is 0 Å². The second-order valence-corrected chi connectivity index (χ2v) is 8.12. The monoisotopic (exact) mass is 345 g/mol. The third kappa shape index (κ3) is 4.30. The van der Waals surface area contributed by atoms with Crippen molar-refractivity contribution in [3.05, 3.63) is 48.0 Å². The lowest BCUT2D eigenvalue weighted by Gasteiger charge is -2.40. The fourth-order valence-electron chi connectivity index (χ4n) is 4.88. The highest BCUT2D eigenvalue weighted by molar-refractivity contribution is 5.83. The van der Waals surface area contributed by atoms with Crippen LogP contribution >= 0.6 is 0 Å². The summed E-state index contributed by atoms with van der Waals surface area (Å²) in [5, 5.41) is 2.58. The molecule has 2 aromatic carbocycles. The van der Waals surface area contributed by atoms with E-state index >= 15 is 0 Å². The van der Waals surface area contributed by atoms with E-state index in [2.05, 4.69) is 59.2 Å². The summed E-state index contributed by atoms with van der Waals surface area (Å²) >= 11 is 0. The number of hydrogen-bond donors (Lipinski definition) is 0. The molecular formula is C25H31N. The number of nitrogens with zero attached hydrogens (tertiary/aromatic N) is 1. The average Bonchev–Trinajstić information content (AvgIpc) is 2.72. The number of fused-ring (bicyclic) bond motifs is 1. The Hall–Kier alpha value is -1.78. The molecule has 0 N–H and O–H groups in total. The molecule has 0 bridgehead atoms. The predicted octanol–water partition coefficient (Wildman–Crippen LogP) is 6.16. The van der Waals surface area contributed by atoms with Crippen molar-refractivity contribution in [3.63, 3.8) is 0 Å². The van der Waals surface area contributed by atoms with Crippen LogP contribution in [0.25, 0.3) is 10.8 Å². The summed E-state index contributed by atoms with van der Waals surface area (Å²) < 4.78 is 0. The molecule has 0 atom stereocenters. The molecule has 4 rings (SSSR count). The minimum Gasteiger partial charge on any atom is -0.286 e. The lowest BCUT2D eigenvalue weighted by Crippen LogP contribution is -2.45. The van der Waals surface area contributed by atoms with Crippen LogP contribution < -0.4 is 0 Å². The Balaban J connectivity index is 1.48. The fraction of sp³-hybridized carbons (Fsp3) is 0.520. The van der Waals surface area contributed by atoms with E-state index in [4.69, 9.17) is 0 Å². The van der Waals surface area contributed by atoms with Gasteiger partial charge in [-0.3, -0.25) is 4.90 Å². The minimum atomic E-state index is 0.776. The molecule has 2 fully saturated rings. The van der Waals surface area contributed by atoms with Crippen molar-refractivity contribution in [2.24, 2.45) is 0 Å². The highest BCUT2D eigenvalue weighted by atomic mass is 15.2. The van der Waals surface area contributed by atoms with Crippen molar-refractivity contribution in [2.75, 3.05) is 6.54 Å². The average molecular weight is 346 g/mol. The van der Waals surface area contributed by atoms with E-state index < -0.39 is 0 Å². The highest BCUT2D eigenvalue weighted by Gasteiger charge is 2.27. The molecule has 1 heteroatoms. The first-order chi connectivity index (χ1) is 12.9. The summed E-state index contributed by atoms with van der Waals surface area (Å²) in [5.41, 5.74) is 1.15. The maximum Gasteiger partial charge on any atom is 0.0610 e. The number of hydrogen-bond acceptors (Lipinski definition) is 1. The van der Waals surface area contributed by atoms with Crippen LogP contribution in [-0.4, -0.2) is 23.5 Å². The van der Waals surface area contributed by atoms with Crippen molar-refractivity contribution in [1.29, 1.82) is 0 Å². The van der Waals surface area contributed by atoms with Crippen LogP contribution in [0, 0.1) is 11.8 Å². The Labute approximate surface area is 158 Å². The van der Waals surface area contributed by atoms with Crippen molar-refractivity contribution in [3.8, 4) is 11.8 Å². The van der Waals surface area contributed by atoms with Gasteiger partial charge in [0.2, 0.25) is 0 Å². The predicted molar refractivity (Wildman–Crippen MR) is 111 cm³/mol. The summed E-state index contributed by atoms with van der Waals surface area (Å²) in [6, 6.07) is 16.7. The molecule has 0 heterocycles. The molecule has 0 unspecified atom stereocenters. The van der Waals surface area contributed by atoms with Gasteiger partial charge in [0.1, 0.15) is 0 Å². The maximum atomic E-state index is 3.54. The molecule has 0 aromatic heterocycles. The van der Waals surface area contributed by atoms with Gasteiger partial charge in [-0.05, 0) is 48.6 Å². The topological polar surface area (TPSA) is 3.24 Å². The lowest BCUT2D eigenvalue weighted by molar-refractivity contribution is 0.0961. The van der Waals surface area contributed by atoms with E-state index in [0.29, 0.717) is 0 Å². The molecule has 0 saturated heterocycles. The Morgan fingerprint density at radius 2 is 1.35 bits per heavy atom. The minimum absolute atomic E-state index is 0.776. The zero-order valence-electron chi connectivity index (χ0n) is 15.9. The van der Waals surface area contributed by atoms with E-state index in [1.807, 2.05) is 0 Å². The van der Waals surface area contributed by atoms with Crippen LogP contribution in [0.2, 0.25) is 0 Å². The Morgan fingerprint density at radius 1 is 0.731 bits per heavy atom. The summed E-state index contributed by atoms with van der Waals surface area (Å²) in [6.07, 6.45) is 14.0. The highest BCUT2D eigenvalue weighted by Crippen LogP contribution is 2.29. The fourth-order valence-corrected chi connectivity index (χ4v) is 4.88. The third-order valence-corrected chi connectivity index (χ3v) is 6.33. The van der Waals surface area contributed by atoms with Crippen molar-refractivity contribution in [2.45, 2.75) is 76.3 Å². The van der Waals surface area contributed by atoms with Crippen molar-refractivity contribution >= 4 is 10.8 Å². The van der Waals surface area contributed by atoms with Crippen LogP contribution in [0.4, 0.5) is 0 Å². The Bertz CT molecular complexity index is 751. The van der Waals surface area contributed by atoms with Gasteiger partial charge in [0.15, 0.2) is 0 Å². The van der Waals surface area contributed by atoms with Crippen LogP contribution in [0.3, 0.4) is 0 Å². The molecule has 2 aromatic rings. The molecule has 2 aliphatic rings. The second-order valence-electron chi connectivity index (χ2n) is 8.12. The van der Waals surface area contributed by atoms with E-state index in [9.17, 15) is 0 Å². The number of benzene rings is 2. The van der Waals surface area contributed by atoms with Gasteiger partial charge in [-0.15, -0.1) is 0 Å². The first-order valence-corrected chi connectivity index (χ1v) is 10.6. The van der Waals surface area contributed by atoms with Gasteiger partial charge in [0.25, 0.3) is 0 Å². The van der Waals surface area contributed by atoms with E-state index in [1.165, 1.54) is 75.0 Å². The standard InChI is InChI=1S/C25H31N/c1-3-13-24(14-4-1)26(25-15-5-2-6-16-25)19-9-10-21-17-18-22-11-7-8-12-23(22)20-21/h7-8,11-12,17-18,20,24-25H,1-6,13-16,19H2. The van der Waals surface area contributed by atoms with Crippen LogP contribution in [0.15, 0.2) is 42.5 Å². The molecule has 2 saturated carbocycles. The van der Waals surface area contributed by atoms with Gasteiger partial charge in [-0.1, -0.05) is 80.7 Å². The summed E-state index contributed by atoms with van der Waals surface area (Å²) in [6.45, 7) is 0.947. The summed E-state index contributed by atoms with van der Waals surface area (Å²) in [7, 11) is 0. The van der Waals surface area contributed by atoms with Crippen molar-refractivity contribution < 1.29 is 0 Å². The largest absolute Gasteiger partial charge is 0.286 e. The first-order valence-electron chi connectivity index (χ1n) is 10.6. The molecule has 0 aliphatic heterocycles. The number of rotatable bonds is 3. The molecule has 0 spiro atoms. The Morgan fingerprint density at radius 3 is 2.00 bits per heavy atom. The second kappa shape index (κ2) is 8.74. The van der Waals surface area contributed by atoms with E-state index in [1.54, 1.807) is 0 Å². The SMILES string of the molecule is C(#Cc1ccc2ccccc2c1)CN(C1CCCCC1)C1CCCCC1. The molecule has 0 amide bonds. The van der Waals surface area contributed by atoms with Gasteiger partial charge >= 0.3 is 0 Å². The van der Waals surface area contributed by atoms with Crippen LogP contribution in [0.5, 0.6) is 0 Å². The van der Waals surface area contributed by atoms with Crippen LogP contribution in [0.1, 0.15) is 69.8 Å². The summed E-state index contributed by atoms with van der Waals surface area (Å²) in [5.74, 6) is 6.99. The quantitative estimate of drug-likeness (QED) is 0.602. The maximum absolute atomic E-state index is 3.54. The lowest BCUT2D eigenvalue weighted by atomic mass is 9.88. The Kier molecular flexibility index (Phi) is 5.92. The van der Waals surface area contributed by atoms with Crippen LogP contribution in [-0.2, 0) is 0 Å². The van der Waals surface area contributed by atoms with Gasteiger partial charge in [0, 0.05) is 17.6 Å². The normalized spacial score (nSPS) is 19.4. The zero-order valence-corrected chi connectivity index (χ0v) is 15.9. The molecule has 26 heavy (non-hydrogen) atoms. The molecule has 136 valence electrons. The van der Waals surface area contributed by atoms with Gasteiger partial charge in [-0.25, -0.2) is 0 Å².